The Hall–Kier alpha value is -1.32. The van der Waals surface area contributed by atoms with Crippen LogP contribution in [0.1, 0.15) is 32.1 Å². The van der Waals surface area contributed by atoms with Crippen molar-refractivity contribution in [2.75, 3.05) is 13.6 Å². The van der Waals surface area contributed by atoms with Crippen LogP contribution >= 0.6 is 0 Å². The molecule has 2 atom stereocenters. The van der Waals surface area contributed by atoms with Gasteiger partial charge in [-0.15, -0.1) is 0 Å². The number of aliphatic hydroxyl groups is 1. The number of aliphatic hydroxyl groups excluding tert-OH is 1. The largest absolute Gasteiger partial charge is 0.458 e. The first kappa shape index (κ1) is 13.1. The Balaban J connectivity index is 2.11. The number of likely N-dealkylation sites (N-methyl/N-ethyl adjacent to an activating group) is 1. The fourth-order valence-electron chi connectivity index (χ4n) is 2.02. The van der Waals surface area contributed by atoms with E-state index in [0.29, 0.717) is 18.3 Å². The van der Waals surface area contributed by atoms with Gasteiger partial charge in [0.05, 0.1) is 0 Å². The maximum Gasteiger partial charge on any atom is 0.135 e. The molecule has 0 fully saturated rings. The van der Waals surface area contributed by atoms with E-state index in [-0.39, 0.29) is 0 Å². The molecule has 1 aromatic carbocycles. The Morgan fingerprint density at radius 3 is 2.72 bits per heavy atom. The Kier molecular flexibility index (Phi) is 4.04. The quantitative estimate of drug-likeness (QED) is 0.881. The number of furan rings is 1. The molecule has 0 amide bonds. The number of hydrogen-bond donors (Lipinski definition) is 1. The highest BCUT2D eigenvalue weighted by Gasteiger charge is 2.17. The molecule has 1 aromatic heterocycles. The SMILES string of the molecule is CCC(C)N(C)CC(O)c1cc2ccccc2o1. The number of benzene rings is 1. The first-order valence-electron chi connectivity index (χ1n) is 6.48. The van der Waals surface area contributed by atoms with E-state index in [1.807, 2.05) is 37.4 Å². The maximum absolute atomic E-state index is 10.2. The number of para-hydroxylation sites is 1. The number of nitrogens with zero attached hydrogens (tertiary/aromatic N) is 1. The number of hydrogen-bond acceptors (Lipinski definition) is 3. The Morgan fingerprint density at radius 2 is 2.06 bits per heavy atom. The molecular formula is C15H21NO2. The van der Waals surface area contributed by atoms with Crippen molar-refractivity contribution in [2.24, 2.45) is 0 Å². The fourth-order valence-corrected chi connectivity index (χ4v) is 2.02. The summed E-state index contributed by atoms with van der Waals surface area (Å²) < 4.78 is 5.67. The lowest BCUT2D eigenvalue weighted by molar-refractivity contribution is 0.0911. The van der Waals surface area contributed by atoms with Gasteiger partial charge < -0.3 is 14.4 Å². The molecule has 0 bridgehead atoms. The van der Waals surface area contributed by atoms with Gasteiger partial charge in [-0.25, -0.2) is 0 Å². The lowest BCUT2D eigenvalue weighted by Crippen LogP contribution is -2.32. The zero-order valence-corrected chi connectivity index (χ0v) is 11.3. The van der Waals surface area contributed by atoms with Crippen molar-refractivity contribution in [3.63, 3.8) is 0 Å². The van der Waals surface area contributed by atoms with Crippen molar-refractivity contribution in [3.05, 3.63) is 36.1 Å². The van der Waals surface area contributed by atoms with Crippen LogP contribution in [0.5, 0.6) is 0 Å². The third kappa shape index (κ3) is 2.74. The summed E-state index contributed by atoms with van der Waals surface area (Å²) in [6.07, 6.45) is 0.500. The first-order valence-corrected chi connectivity index (χ1v) is 6.48. The summed E-state index contributed by atoms with van der Waals surface area (Å²) in [6.45, 7) is 4.90. The molecule has 2 rings (SSSR count). The summed E-state index contributed by atoms with van der Waals surface area (Å²) in [5.41, 5.74) is 0.831. The van der Waals surface area contributed by atoms with Crippen molar-refractivity contribution >= 4 is 11.0 Å². The van der Waals surface area contributed by atoms with Gasteiger partial charge >= 0.3 is 0 Å². The lowest BCUT2D eigenvalue weighted by Gasteiger charge is -2.25. The highest BCUT2D eigenvalue weighted by atomic mass is 16.4. The van der Waals surface area contributed by atoms with Crippen molar-refractivity contribution in [1.82, 2.24) is 4.90 Å². The van der Waals surface area contributed by atoms with Crippen LogP contribution in [0.15, 0.2) is 34.7 Å². The van der Waals surface area contributed by atoms with Crippen molar-refractivity contribution < 1.29 is 9.52 Å². The maximum atomic E-state index is 10.2. The van der Waals surface area contributed by atoms with Crippen LogP contribution in [-0.2, 0) is 0 Å². The molecule has 0 aliphatic carbocycles. The molecule has 0 saturated carbocycles. The molecule has 0 aliphatic heterocycles. The van der Waals surface area contributed by atoms with Gasteiger partial charge in [-0.1, -0.05) is 25.1 Å². The predicted octanol–water partition coefficient (Wildman–Crippen LogP) is 3.20. The molecule has 0 aliphatic rings. The van der Waals surface area contributed by atoms with Gasteiger partial charge in [-0.2, -0.15) is 0 Å². The normalized spacial score (nSPS) is 15.2. The minimum atomic E-state index is -0.573. The molecule has 3 heteroatoms. The summed E-state index contributed by atoms with van der Waals surface area (Å²) in [6, 6.07) is 10.2. The topological polar surface area (TPSA) is 36.6 Å². The summed E-state index contributed by atoms with van der Waals surface area (Å²) in [5.74, 6) is 0.645. The standard InChI is InChI=1S/C15H21NO2/c1-4-11(2)16(3)10-13(17)15-9-12-7-5-6-8-14(12)18-15/h5-9,11,13,17H,4,10H2,1-3H3. The smallest absolute Gasteiger partial charge is 0.135 e. The summed E-state index contributed by atoms with van der Waals surface area (Å²) in [5, 5.41) is 11.2. The van der Waals surface area contributed by atoms with E-state index in [2.05, 4.69) is 18.7 Å². The molecule has 18 heavy (non-hydrogen) atoms. The monoisotopic (exact) mass is 247 g/mol. The average Bonchev–Trinajstić information content (AvgIpc) is 2.81. The van der Waals surface area contributed by atoms with Crippen LogP contribution < -0.4 is 0 Å². The van der Waals surface area contributed by atoms with E-state index in [0.717, 1.165) is 17.4 Å². The van der Waals surface area contributed by atoms with Crippen molar-refractivity contribution in [2.45, 2.75) is 32.4 Å². The van der Waals surface area contributed by atoms with Crippen LogP contribution in [0.4, 0.5) is 0 Å². The summed E-state index contributed by atoms with van der Waals surface area (Å²) >= 11 is 0. The summed E-state index contributed by atoms with van der Waals surface area (Å²) in [4.78, 5) is 2.15. The van der Waals surface area contributed by atoms with Gasteiger partial charge in [-0.05, 0) is 32.5 Å². The third-order valence-electron chi connectivity index (χ3n) is 3.58. The van der Waals surface area contributed by atoms with Crippen LogP contribution in [0.2, 0.25) is 0 Å². The van der Waals surface area contributed by atoms with Gasteiger partial charge in [0.2, 0.25) is 0 Å². The average molecular weight is 247 g/mol. The predicted molar refractivity (Wildman–Crippen MR) is 73.6 cm³/mol. The Bertz CT molecular complexity index is 473. The van der Waals surface area contributed by atoms with E-state index in [1.54, 1.807) is 0 Å². The molecular weight excluding hydrogens is 226 g/mol. The second kappa shape index (κ2) is 5.55. The van der Waals surface area contributed by atoms with Gasteiger partial charge in [0.25, 0.3) is 0 Å². The summed E-state index contributed by atoms with van der Waals surface area (Å²) in [7, 11) is 2.03. The van der Waals surface area contributed by atoms with Crippen LogP contribution in [0.25, 0.3) is 11.0 Å². The van der Waals surface area contributed by atoms with Crippen molar-refractivity contribution in [1.29, 1.82) is 0 Å². The molecule has 98 valence electrons. The van der Waals surface area contributed by atoms with E-state index >= 15 is 0 Å². The zero-order valence-electron chi connectivity index (χ0n) is 11.3. The number of rotatable bonds is 5. The molecule has 0 saturated heterocycles. The Morgan fingerprint density at radius 1 is 1.33 bits per heavy atom. The van der Waals surface area contributed by atoms with Gasteiger partial charge in [0.15, 0.2) is 0 Å². The molecule has 0 radical (unpaired) electrons. The highest BCUT2D eigenvalue weighted by molar-refractivity contribution is 5.77. The molecule has 2 aromatic rings. The highest BCUT2D eigenvalue weighted by Crippen LogP contribution is 2.24. The van der Waals surface area contributed by atoms with Crippen LogP contribution in [0.3, 0.4) is 0 Å². The van der Waals surface area contributed by atoms with Crippen molar-refractivity contribution in [3.8, 4) is 0 Å². The fraction of sp³-hybridized carbons (Fsp3) is 0.467. The minimum absolute atomic E-state index is 0.462. The van der Waals surface area contributed by atoms with Gasteiger partial charge in [-0.3, -0.25) is 0 Å². The first-order chi connectivity index (χ1) is 8.61. The Labute approximate surface area is 108 Å². The van der Waals surface area contributed by atoms with E-state index in [4.69, 9.17) is 4.42 Å². The second-order valence-corrected chi connectivity index (χ2v) is 4.90. The van der Waals surface area contributed by atoms with E-state index < -0.39 is 6.10 Å². The lowest BCUT2D eigenvalue weighted by atomic mass is 10.2. The van der Waals surface area contributed by atoms with Crippen LogP contribution in [-0.4, -0.2) is 29.6 Å². The molecule has 0 spiro atoms. The van der Waals surface area contributed by atoms with Crippen LogP contribution in [0, 0.1) is 0 Å². The molecule has 2 unspecified atom stereocenters. The zero-order chi connectivity index (χ0) is 13.1. The molecule has 3 nitrogen and oxygen atoms in total. The third-order valence-corrected chi connectivity index (χ3v) is 3.58. The molecule has 1 heterocycles. The van der Waals surface area contributed by atoms with E-state index in [9.17, 15) is 5.11 Å². The van der Waals surface area contributed by atoms with Gasteiger partial charge in [0, 0.05) is 18.0 Å². The minimum Gasteiger partial charge on any atom is -0.458 e. The molecule has 1 N–H and O–H groups in total. The van der Waals surface area contributed by atoms with E-state index in [1.165, 1.54) is 0 Å². The number of fused-ring (bicyclic) bond motifs is 1. The van der Waals surface area contributed by atoms with Gasteiger partial charge in [0.1, 0.15) is 17.4 Å². The second-order valence-electron chi connectivity index (χ2n) is 4.90.